The fraction of sp³-hybridized carbons (Fsp3) is 0.364. The van der Waals surface area contributed by atoms with E-state index >= 15 is 0 Å². The molecule has 0 aliphatic rings. The minimum atomic E-state index is -0.181. The Kier molecular flexibility index (Phi) is 8.85. The van der Waals surface area contributed by atoms with Gasteiger partial charge in [0.1, 0.15) is 12.4 Å². The molecule has 0 saturated carbocycles. The molecule has 1 N–H and O–H groups in total. The summed E-state index contributed by atoms with van der Waals surface area (Å²) in [6.07, 6.45) is 1.23. The van der Waals surface area contributed by atoms with Crippen LogP contribution < -0.4 is 19.5 Å². The molecule has 0 aromatic heterocycles. The summed E-state index contributed by atoms with van der Waals surface area (Å²) in [5.41, 5.74) is 0.580. The van der Waals surface area contributed by atoms with Crippen molar-refractivity contribution in [2.45, 2.75) is 26.2 Å². The molecule has 2 aromatic carbocycles. The summed E-state index contributed by atoms with van der Waals surface area (Å²) in [5, 5.41) is 2.75. The average molecular weight is 385 g/mol. The van der Waals surface area contributed by atoms with E-state index in [9.17, 15) is 9.59 Å². The zero-order valence-electron chi connectivity index (χ0n) is 16.4. The SMILES string of the molecule is CCCOc1ccc(C(=O)CCC(=O)NCCOc2ccccc2OC)cc1. The lowest BCUT2D eigenvalue weighted by Crippen LogP contribution is -2.28. The van der Waals surface area contributed by atoms with Crippen LogP contribution in [-0.2, 0) is 4.79 Å². The van der Waals surface area contributed by atoms with Crippen molar-refractivity contribution in [3.05, 3.63) is 54.1 Å². The number of hydrogen-bond donors (Lipinski definition) is 1. The molecule has 0 atom stereocenters. The monoisotopic (exact) mass is 385 g/mol. The Morgan fingerprint density at radius 2 is 1.61 bits per heavy atom. The lowest BCUT2D eigenvalue weighted by atomic mass is 10.1. The van der Waals surface area contributed by atoms with Crippen molar-refractivity contribution in [3.8, 4) is 17.2 Å². The van der Waals surface area contributed by atoms with E-state index in [2.05, 4.69) is 5.32 Å². The van der Waals surface area contributed by atoms with Gasteiger partial charge >= 0.3 is 0 Å². The normalized spacial score (nSPS) is 10.2. The molecule has 1 amide bonds. The summed E-state index contributed by atoms with van der Waals surface area (Å²) in [6.45, 7) is 3.36. The third-order valence-electron chi connectivity index (χ3n) is 3.98. The summed E-state index contributed by atoms with van der Waals surface area (Å²) < 4.78 is 16.3. The highest BCUT2D eigenvalue weighted by molar-refractivity contribution is 5.98. The number of ketones is 1. The number of carbonyl (C=O) groups excluding carboxylic acids is 2. The van der Waals surface area contributed by atoms with Gasteiger partial charge in [0.25, 0.3) is 0 Å². The van der Waals surface area contributed by atoms with Gasteiger partial charge in [-0.2, -0.15) is 0 Å². The molecule has 28 heavy (non-hydrogen) atoms. The predicted octanol–water partition coefficient (Wildman–Crippen LogP) is 3.64. The van der Waals surface area contributed by atoms with Crippen LogP contribution in [0.5, 0.6) is 17.2 Å². The first kappa shape index (κ1) is 21.3. The lowest BCUT2D eigenvalue weighted by Gasteiger charge is -2.10. The van der Waals surface area contributed by atoms with Gasteiger partial charge in [0.15, 0.2) is 17.3 Å². The standard InChI is InChI=1S/C22H27NO5/c1-3-15-27-18-10-8-17(9-11-18)19(24)12-13-22(25)23-14-16-28-21-7-5-4-6-20(21)26-2/h4-11H,3,12-16H2,1-2H3,(H,23,25). The molecule has 0 unspecified atom stereocenters. The molecule has 0 bridgehead atoms. The Morgan fingerprint density at radius 3 is 2.29 bits per heavy atom. The van der Waals surface area contributed by atoms with Gasteiger partial charge in [-0.15, -0.1) is 0 Å². The number of para-hydroxylation sites is 2. The maximum absolute atomic E-state index is 12.2. The van der Waals surface area contributed by atoms with E-state index in [0.717, 1.165) is 12.2 Å². The first-order valence-corrected chi connectivity index (χ1v) is 9.42. The first-order chi connectivity index (χ1) is 13.6. The van der Waals surface area contributed by atoms with Gasteiger partial charge in [0, 0.05) is 18.4 Å². The number of ether oxygens (including phenoxy) is 3. The Hall–Kier alpha value is -3.02. The summed E-state index contributed by atoms with van der Waals surface area (Å²) in [7, 11) is 1.58. The van der Waals surface area contributed by atoms with Crippen LogP contribution in [0.2, 0.25) is 0 Å². The van der Waals surface area contributed by atoms with E-state index in [1.807, 2.05) is 25.1 Å². The molecular weight excluding hydrogens is 358 g/mol. The van der Waals surface area contributed by atoms with Gasteiger partial charge in [-0.25, -0.2) is 0 Å². The molecule has 0 aliphatic heterocycles. The van der Waals surface area contributed by atoms with Crippen molar-refractivity contribution < 1.29 is 23.8 Å². The van der Waals surface area contributed by atoms with Gasteiger partial charge in [-0.05, 0) is 42.8 Å². The number of rotatable bonds is 12. The third-order valence-corrected chi connectivity index (χ3v) is 3.98. The molecule has 2 aromatic rings. The number of methoxy groups -OCH3 is 1. The fourth-order valence-electron chi connectivity index (χ4n) is 2.51. The number of nitrogens with one attached hydrogen (secondary N) is 1. The van der Waals surface area contributed by atoms with Gasteiger partial charge in [0.2, 0.25) is 5.91 Å². The molecule has 0 heterocycles. The van der Waals surface area contributed by atoms with E-state index < -0.39 is 0 Å². The van der Waals surface area contributed by atoms with Crippen LogP contribution in [0, 0.1) is 0 Å². The molecule has 2 rings (SSSR count). The zero-order chi connectivity index (χ0) is 20.2. The Morgan fingerprint density at radius 1 is 0.893 bits per heavy atom. The molecule has 0 aliphatic carbocycles. The second kappa shape index (κ2) is 11.6. The van der Waals surface area contributed by atoms with E-state index in [-0.39, 0.29) is 24.5 Å². The van der Waals surface area contributed by atoms with Crippen molar-refractivity contribution in [3.63, 3.8) is 0 Å². The number of benzene rings is 2. The number of hydrogen-bond acceptors (Lipinski definition) is 5. The van der Waals surface area contributed by atoms with E-state index in [1.165, 1.54) is 0 Å². The maximum Gasteiger partial charge on any atom is 0.220 e. The van der Waals surface area contributed by atoms with Crippen LogP contribution >= 0.6 is 0 Å². The quantitative estimate of drug-likeness (QED) is 0.446. The number of Topliss-reactive ketones (excluding diaryl/α,β-unsaturated/α-hetero) is 1. The minimum absolute atomic E-state index is 0.0672. The van der Waals surface area contributed by atoms with Crippen LogP contribution in [0.25, 0.3) is 0 Å². The zero-order valence-corrected chi connectivity index (χ0v) is 16.4. The largest absolute Gasteiger partial charge is 0.494 e. The smallest absolute Gasteiger partial charge is 0.220 e. The molecule has 0 spiro atoms. The topological polar surface area (TPSA) is 73.9 Å². The molecule has 0 saturated heterocycles. The summed E-state index contributed by atoms with van der Waals surface area (Å²) in [6, 6.07) is 14.3. The Bertz CT molecular complexity index is 758. The molecule has 150 valence electrons. The van der Waals surface area contributed by atoms with Gasteiger partial charge in [-0.1, -0.05) is 19.1 Å². The highest BCUT2D eigenvalue weighted by Crippen LogP contribution is 2.25. The third kappa shape index (κ3) is 6.95. The average Bonchev–Trinajstić information content (AvgIpc) is 2.74. The highest BCUT2D eigenvalue weighted by Gasteiger charge is 2.10. The fourth-order valence-corrected chi connectivity index (χ4v) is 2.51. The van der Waals surface area contributed by atoms with Crippen LogP contribution in [0.3, 0.4) is 0 Å². The van der Waals surface area contributed by atoms with Crippen molar-refractivity contribution >= 4 is 11.7 Å². The van der Waals surface area contributed by atoms with Crippen LogP contribution in [0.15, 0.2) is 48.5 Å². The Labute approximate surface area is 165 Å². The van der Waals surface area contributed by atoms with Crippen molar-refractivity contribution in [1.29, 1.82) is 0 Å². The van der Waals surface area contributed by atoms with Crippen molar-refractivity contribution in [1.82, 2.24) is 5.32 Å². The van der Waals surface area contributed by atoms with Crippen molar-refractivity contribution in [2.75, 3.05) is 26.9 Å². The first-order valence-electron chi connectivity index (χ1n) is 9.42. The molecule has 0 fully saturated rings. The lowest BCUT2D eigenvalue weighted by molar-refractivity contribution is -0.121. The van der Waals surface area contributed by atoms with Crippen LogP contribution in [0.4, 0.5) is 0 Å². The van der Waals surface area contributed by atoms with Gasteiger partial charge in [0.05, 0.1) is 20.3 Å². The molecule has 6 heteroatoms. The predicted molar refractivity (Wildman–Crippen MR) is 107 cm³/mol. The number of amides is 1. The van der Waals surface area contributed by atoms with Gasteiger partial charge in [-0.3, -0.25) is 9.59 Å². The molecular formula is C22H27NO5. The maximum atomic E-state index is 12.2. The van der Waals surface area contributed by atoms with E-state index in [1.54, 1.807) is 37.4 Å². The second-order valence-corrected chi connectivity index (χ2v) is 6.15. The highest BCUT2D eigenvalue weighted by atomic mass is 16.5. The minimum Gasteiger partial charge on any atom is -0.494 e. The van der Waals surface area contributed by atoms with E-state index in [4.69, 9.17) is 14.2 Å². The summed E-state index contributed by atoms with van der Waals surface area (Å²) in [5.74, 6) is 1.76. The Balaban J connectivity index is 1.67. The summed E-state index contributed by atoms with van der Waals surface area (Å²) >= 11 is 0. The van der Waals surface area contributed by atoms with Crippen LogP contribution in [-0.4, -0.2) is 38.6 Å². The van der Waals surface area contributed by atoms with Gasteiger partial charge < -0.3 is 19.5 Å². The summed E-state index contributed by atoms with van der Waals surface area (Å²) in [4.78, 5) is 24.1. The molecule has 0 radical (unpaired) electrons. The number of carbonyl (C=O) groups is 2. The van der Waals surface area contributed by atoms with Crippen molar-refractivity contribution in [2.24, 2.45) is 0 Å². The van der Waals surface area contributed by atoms with Crippen LogP contribution in [0.1, 0.15) is 36.5 Å². The second-order valence-electron chi connectivity index (χ2n) is 6.15. The van der Waals surface area contributed by atoms with E-state index in [0.29, 0.717) is 36.8 Å². The molecule has 6 nitrogen and oxygen atoms in total.